The highest BCUT2D eigenvalue weighted by Gasteiger charge is 2.30. The van der Waals surface area contributed by atoms with Crippen LogP contribution in [0.3, 0.4) is 0 Å². The van der Waals surface area contributed by atoms with Crippen LogP contribution in [0.5, 0.6) is 0 Å². The normalized spacial score (nSPS) is 19.2. The lowest BCUT2D eigenvalue weighted by atomic mass is 9.82. The van der Waals surface area contributed by atoms with Crippen molar-refractivity contribution in [2.75, 3.05) is 0 Å². The van der Waals surface area contributed by atoms with Crippen molar-refractivity contribution in [3.8, 4) is 0 Å². The molecule has 0 unspecified atom stereocenters. The Morgan fingerprint density at radius 3 is 2.59 bits per heavy atom. The minimum atomic E-state index is 0.580. The summed E-state index contributed by atoms with van der Waals surface area (Å²) in [4.78, 5) is 3.02. The second-order valence-electron chi connectivity index (χ2n) is 5.88. The third-order valence-electron chi connectivity index (χ3n) is 4.20. The molecule has 1 saturated carbocycles. The van der Waals surface area contributed by atoms with Gasteiger partial charge in [-0.15, -0.1) is 22.7 Å². The zero-order valence-corrected chi connectivity index (χ0v) is 12.6. The molecule has 2 heteroatoms. The maximum Gasteiger partial charge on any atom is 0.0488 e. The van der Waals surface area contributed by atoms with E-state index < -0.39 is 0 Å². The Labute approximate surface area is 112 Å². The van der Waals surface area contributed by atoms with Gasteiger partial charge in [0.25, 0.3) is 0 Å². The maximum absolute atomic E-state index is 2.49. The highest BCUT2D eigenvalue weighted by molar-refractivity contribution is 7.28. The molecule has 92 valence electrons. The number of hydrogen-bond donors (Lipinski definition) is 0. The third-order valence-corrected chi connectivity index (χ3v) is 6.53. The molecule has 1 fully saturated rings. The van der Waals surface area contributed by atoms with Gasteiger partial charge in [0.2, 0.25) is 0 Å². The Kier molecular flexibility index (Phi) is 2.83. The number of hydrogen-bond acceptors (Lipinski definition) is 2. The molecule has 17 heavy (non-hydrogen) atoms. The largest absolute Gasteiger partial charge is 0.139 e. The van der Waals surface area contributed by atoms with Crippen molar-refractivity contribution in [3.63, 3.8) is 0 Å². The van der Waals surface area contributed by atoms with E-state index in [2.05, 4.69) is 26.8 Å². The fraction of sp³-hybridized carbons (Fsp3) is 0.600. The van der Waals surface area contributed by atoms with Crippen molar-refractivity contribution in [3.05, 3.63) is 21.4 Å². The second-order valence-corrected chi connectivity index (χ2v) is 8.39. The van der Waals surface area contributed by atoms with Gasteiger partial charge in [0.15, 0.2) is 0 Å². The summed E-state index contributed by atoms with van der Waals surface area (Å²) >= 11 is 3.98. The van der Waals surface area contributed by atoms with Gasteiger partial charge in [-0.25, -0.2) is 0 Å². The Hall–Kier alpha value is -0.340. The SMILES string of the molecule is Cc1cc2sc(C)c(CC3(C)CCCC3)c2s1. The van der Waals surface area contributed by atoms with E-state index in [1.54, 1.807) is 15.1 Å². The monoisotopic (exact) mass is 264 g/mol. The summed E-state index contributed by atoms with van der Waals surface area (Å²) in [5, 5.41) is 0. The van der Waals surface area contributed by atoms with Crippen LogP contribution in [0.2, 0.25) is 0 Å². The molecule has 0 aliphatic heterocycles. The lowest BCUT2D eigenvalue weighted by molar-refractivity contribution is 0.335. The molecule has 0 nitrogen and oxygen atoms in total. The Morgan fingerprint density at radius 1 is 1.18 bits per heavy atom. The molecular formula is C15H20S2. The first-order valence-corrected chi connectivity index (χ1v) is 8.19. The van der Waals surface area contributed by atoms with E-state index in [1.807, 2.05) is 22.7 Å². The predicted octanol–water partition coefficient (Wildman–Crippen LogP) is 5.70. The maximum atomic E-state index is 2.49. The van der Waals surface area contributed by atoms with Crippen LogP contribution in [0.25, 0.3) is 9.40 Å². The predicted molar refractivity (Wildman–Crippen MR) is 79.5 cm³/mol. The standard InChI is InChI=1S/C15H20S2/c1-10-8-13-14(16-10)12(11(2)17-13)9-15(3)6-4-5-7-15/h8H,4-7,9H2,1-3H3. The first-order chi connectivity index (χ1) is 8.07. The number of rotatable bonds is 2. The van der Waals surface area contributed by atoms with Gasteiger partial charge in [-0.3, -0.25) is 0 Å². The molecule has 0 bridgehead atoms. The van der Waals surface area contributed by atoms with Crippen LogP contribution in [-0.2, 0) is 6.42 Å². The highest BCUT2D eigenvalue weighted by atomic mass is 32.1. The molecular weight excluding hydrogens is 244 g/mol. The molecule has 3 rings (SSSR count). The summed E-state index contributed by atoms with van der Waals surface area (Å²) in [6, 6.07) is 2.36. The van der Waals surface area contributed by atoms with E-state index in [0.29, 0.717) is 5.41 Å². The molecule has 2 aromatic heterocycles. The lowest BCUT2D eigenvalue weighted by Gasteiger charge is -2.23. The summed E-state index contributed by atoms with van der Waals surface area (Å²) in [5.74, 6) is 0. The van der Waals surface area contributed by atoms with Crippen LogP contribution in [0.1, 0.15) is 47.9 Å². The summed E-state index contributed by atoms with van der Waals surface area (Å²) in [6.07, 6.45) is 7.03. The Morgan fingerprint density at radius 2 is 1.88 bits per heavy atom. The highest BCUT2D eigenvalue weighted by Crippen LogP contribution is 2.45. The van der Waals surface area contributed by atoms with Crippen LogP contribution in [0, 0.1) is 19.3 Å². The topological polar surface area (TPSA) is 0 Å². The fourth-order valence-electron chi connectivity index (χ4n) is 3.20. The van der Waals surface area contributed by atoms with E-state index in [0.717, 1.165) is 0 Å². The van der Waals surface area contributed by atoms with Crippen molar-refractivity contribution in [2.24, 2.45) is 5.41 Å². The molecule has 1 aliphatic rings. The summed E-state index contributed by atoms with van der Waals surface area (Å²) < 4.78 is 3.10. The number of aryl methyl sites for hydroxylation is 2. The molecule has 0 radical (unpaired) electrons. The molecule has 1 aliphatic carbocycles. The number of fused-ring (bicyclic) bond motifs is 1. The molecule has 2 aromatic rings. The molecule has 0 spiro atoms. The fourth-order valence-corrected chi connectivity index (χ4v) is 5.68. The Balaban J connectivity index is 2.01. The van der Waals surface area contributed by atoms with E-state index in [4.69, 9.17) is 0 Å². The van der Waals surface area contributed by atoms with Crippen LogP contribution in [0.4, 0.5) is 0 Å². The lowest BCUT2D eigenvalue weighted by Crippen LogP contribution is -2.14. The smallest absolute Gasteiger partial charge is 0.0488 e. The van der Waals surface area contributed by atoms with Crippen LogP contribution in [-0.4, -0.2) is 0 Å². The average molecular weight is 264 g/mol. The van der Waals surface area contributed by atoms with E-state index in [1.165, 1.54) is 41.7 Å². The molecule has 0 saturated heterocycles. The van der Waals surface area contributed by atoms with E-state index in [9.17, 15) is 0 Å². The molecule has 0 amide bonds. The minimum absolute atomic E-state index is 0.580. The van der Waals surface area contributed by atoms with Gasteiger partial charge in [0, 0.05) is 19.2 Å². The third kappa shape index (κ3) is 2.06. The van der Waals surface area contributed by atoms with Crippen LogP contribution >= 0.6 is 22.7 Å². The Bertz CT molecular complexity index is 539. The van der Waals surface area contributed by atoms with Crippen molar-refractivity contribution < 1.29 is 0 Å². The molecule has 0 aromatic carbocycles. The van der Waals surface area contributed by atoms with Crippen LogP contribution < -0.4 is 0 Å². The summed E-state index contributed by atoms with van der Waals surface area (Å²) in [7, 11) is 0. The first-order valence-electron chi connectivity index (χ1n) is 6.56. The quantitative estimate of drug-likeness (QED) is 0.652. The van der Waals surface area contributed by atoms with Gasteiger partial charge in [-0.2, -0.15) is 0 Å². The zero-order chi connectivity index (χ0) is 12.0. The van der Waals surface area contributed by atoms with Gasteiger partial charge in [0.05, 0.1) is 0 Å². The number of thiophene rings is 2. The molecule has 0 atom stereocenters. The van der Waals surface area contributed by atoms with Gasteiger partial charge < -0.3 is 0 Å². The van der Waals surface area contributed by atoms with Gasteiger partial charge in [-0.05, 0) is 50.2 Å². The van der Waals surface area contributed by atoms with Crippen molar-refractivity contribution in [2.45, 2.75) is 52.9 Å². The molecule has 0 N–H and O–H groups in total. The van der Waals surface area contributed by atoms with Gasteiger partial charge >= 0.3 is 0 Å². The zero-order valence-electron chi connectivity index (χ0n) is 10.9. The van der Waals surface area contributed by atoms with Crippen LogP contribution in [0.15, 0.2) is 6.07 Å². The molecule has 2 heterocycles. The first kappa shape index (κ1) is 11.7. The van der Waals surface area contributed by atoms with Crippen molar-refractivity contribution in [1.82, 2.24) is 0 Å². The average Bonchev–Trinajstić information content (AvgIpc) is 2.88. The van der Waals surface area contributed by atoms with Crippen molar-refractivity contribution >= 4 is 32.1 Å². The van der Waals surface area contributed by atoms with E-state index in [-0.39, 0.29) is 0 Å². The summed E-state index contributed by atoms with van der Waals surface area (Å²) in [6.45, 7) is 7.03. The van der Waals surface area contributed by atoms with E-state index >= 15 is 0 Å². The van der Waals surface area contributed by atoms with Crippen molar-refractivity contribution in [1.29, 1.82) is 0 Å². The summed E-state index contributed by atoms with van der Waals surface area (Å²) in [5.41, 5.74) is 2.24. The van der Waals surface area contributed by atoms with Gasteiger partial charge in [0.1, 0.15) is 0 Å². The second kappa shape index (κ2) is 4.10. The van der Waals surface area contributed by atoms with Gasteiger partial charge in [-0.1, -0.05) is 19.8 Å². The minimum Gasteiger partial charge on any atom is -0.139 e.